The second-order valence-electron chi connectivity index (χ2n) is 7.85. The summed E-state index contributed by atoms with van der Waals surface area (Å²) in [5.74, 6) is 0.714. The average Bonchev–Trinajstić information content (AvgIpc) is 3.06. The van der Waals surface area contributed by atoms with E-state index in [0.29, 0.717) is 11.7 Å². The fraction of sp³-hybridized carbons (Fsp3) is 0.737. The number of hydrogen-bond donors (Lipinski definition) is 2. The second-order valence-corrected chi connectivity index (χ2v) is 8.66. The molecule has 156 valence electrons. The minimum Gasteiger partial charge on any atom is -0.345 e. The Kier molecular flexibility index (Phi) is 7.11. The minimum atomic E-state index is -0.174. The summed E-state index contributed by atoms with van der Waals surface area (Å²) in [5.41, 5.74) is 0. The first kappa shape index (κ1) is 21.3. The van der Waals surface area contributed by atoms with Gasteiger partial charge in [0.15, 0.2) is 5.82 Å². The molecule has 2 aliphatic heterocycles. The number of piperidine rings is 1. The number of carbonyl (C=O) groups is 2. The highest BCUT2D eigenvalue weighted by Gasteiger charge is 2.31. The monoisotopic (exact) mass is 454 g/mol. The summed E-state index contributed by atoms with van der Waals surface area (Å²) in [5, 5.41) is 6.38. The fourth-order valence-corrected chi connectivity index (χ4v) is 4.25. The smallest absolute Gasteiger partial charge is 0.287 e. The average molecular weight is 455 g/mol. The van der Waals surface area contributed by atoms with Gasteiger partial charge in [-0.25, -0.2) is 4.98 Å². The van der Waals surface area contributed by atoms with Crippen LogP contribution in [0.3, 0.4) is 0 Å². The number of imidazole rings is 1. The molecule has 0 spiro atoms. The Balaban J connectivity index is 1.48. The fourth-order valence-electron chi connectivity index (χ4n) is 3.98. The van der Waals surface area contributed by atoms with Crippen molar-refractivity contribution in [1.82, 2.24) is 30.0 Å². The molecule has 9 heteroatoms. The van der Waals surface area contributed by atoms with Crippen LogP contribution in [0.5, 0.6) is 0 Å². The summed E-state index contributed by atoms with van der Waals surface area (Å²) >= 11 is 3.36. The third-order valence-electron chi connectivity index (χ3n) is 6.11. The summed E-state index contributed by atoms with van der Waals surface area (Å²) in [6.45, 7) is 9.24. The molecule has 1 unspecified atom stereocenters. The van der Waals surface area contributed by atoms with Gasteiger partial charge in [-0.2, -0.15) is 0 Å². The predicted molar refractivity (Wildman–Crippen MR) is 111 cm³/mol. The summed E-state index contributed by atoms with van der Waals surface area (Å²) in [6, 6.07) is 0.165. The van der Waals surface area contributed by atoms with Crippen LogP contribution in [0.4, 0.5) is 0 Å². The molecule has 0 bridgehead atoms. The van der Waals surface area contributed by atoms with Crippen LogP contribution in [-0.4, -0.2) is 82.5 Å². The van der Waals surface area contributed by atoms with Crippen LogP contribution >= 0.6 is 15.9 Å². The van der Waals surface area contributed by atoms with E-state index in [1.165, 1.54) is 0 Å². The number of piperazine rings is 1. The zero-order chi connectivity index (χ0) is 20.3. The first-order valence-electron chi connectivity index (χ1n) is 10.1. The maximum Gasteiger partial charge on any atom is 0.287 e. The normalized spacial score (nSPS) is 21.4. The molecule has 2 atom stereocenters. The van der Waals surface area contributed by atoms with E-state index in [1.54, 1.807) is 17.8 Å². The lowest BCUT2D eigenvalue weighted by molar-refractivity contribution is -0.138. The second kappa shape index (κ2) is 9.37. The van der Waals surface area contributed by atoms with Gasteiger partial charge in [-0.1, -0.05) is 0 Å². The number of amides is 2. The molecule has 28 heavy (non-hydrogen) atoms. The summed E-state index contributed by atoms with van der Waals surface area (Å²) < 4.78 is 2.49. The van der Waals surface area contributed by atoms with Gasteiger partial charge in [-0.05, 0) is 55.7 Å². The highest BCUT2D eigenvalue weighted by atomic mass is 79.9. The Bertz CT molecular complexity index is 695. The number of halogens is 1. The maximum absolute atomic E-state index is 12.7. The SMILES string of the molecule is CC([C@@H](C)NC(=O)c1ncc(Br)n1C)N1CCN(C(=O)C2CCNCC2)CC1. The lowest BCUT2D eigenvalue weighted by Crippen LogP contribution is -2.57. The van der Waals surface area contributed by atoms with Gasteiger partial charge in [0, 0.05) is 51.2 Å². The van der Waals surface area contributed by atoms with E-state index in [9.17, 15) is 9.59 Å². The molecule has 2 saturated heterocycles. The Morgan fingerprint density at radius 3 is 2.43 bits per heavy atom. The predicted octanol–water partition coefficient (Wildman–Crippen LogP) is 0.833. The van der Waals surface area contributed by atoms with E-state index in [1.807, 2.05) is 11.8 Å². The largest absolute Gasteiger partial charge is 0.345 e. The van der Waals surface area contributed by atoms with E-state index in [2.05, 4.69) is 43.4 Å². The van der Waals surface area contributed by atoms with Gasteiger partial charge in [-0.3, -0.25) is 14.5 Å². The van der Waals surface area contributed by atoms with Gasteiger partial charge in [0.2, 0.25) is 5.91 Å². The van der Waals surface area contributed by atoms with Gasteiger partial charge < -0.3 is 20.1 Å². The molecule has 1 aromatic rings. The van der Waals surface area contributed by atoms with E-state index in [0.717, 1.165) is 56.7 Å². The van der Waals surface area contributed by atoms with Crippen molar-refractivity contribution in [2.75, 3.05) is 39.3 Å². The third-order valence-corrected chi connectivity index (χ3v) is 6.84. The highest BCUT2D eigenvalue weighted by molar-refractivity contribution is 9.10. The van der Waals surface area contributed by atoms with Crippen LogP contribution in [0, 0.1) is 5.92 Å². The summed E-state index contributed by atoms with van der Waals surface area (Å²) in [4.78, 5) is 33.7. The topological polar surface area (TPSA) is 82.5 Å². The van der Waals surface area contributed by atoms with Crippen molar-refractivity contribution in [2.45, 2.75) is 38.8 Å². The Morgan fingerprint density at radius 2 is 1.86 bits per heavy atom. The molecular weight excluding hydrogens is 424 g/mol. The van der Waals surface area contributed by atoms with Gasteiger partial charge in [-0.15, -0.1) is 0 Å². The summed E-state index contributed by atoms with van der Waals surface area (Å²) in [6.07, 6.45) is 3.52. The molecule has 3 heterocycles. The molecule has 2 N–H and O–H groups in total. The zero-order valence-electron chi connectivity index (χ0n) is 16.9. The van der Waals surface area contributed by atoms with Crippen LogP contribution in [-0.2, 0) is 11.8 Å². The number of nitrogens with zero attached hydrogens (tertiary/aromatic N) is 4. The van der Waals surface area contributed by atoms with Gasteiger partial charge in [0.25, 0.3) is 5.91 Å². The Labute approximate surface area is 175 Å². The third kappa shape index (κ3) is 4.75. The number of aromatic nitrogens is 2. The van der Waals surface area contributed by atoms with Crippen molar-refractivity contribution in [3.63, 3.8) is 0 Å². The quantitative estimate of drug-likeness (QED) is 0.688. The highest BCUT2D eigenvalue weighted by Crippen LogP contribution is 2.18. The number of rotatable bonds is 5. The van der Waals surface area contributed by atoms with Crippen LogP contribution < -0.4 is 10.6 Å². The van der Waals surface area contributed by atoms with Gasteiger partial charge >= 0.3 is 0 Å². The zero-order valence-corrected chi connectivity index (χ0v) is 18.5. The van der Waals surface area contributed by atoms with E-state index < -0.39 is 0 Å². The molecule has 8 nitrogen and oxygen atoms in total. The van der Waals surface area contributed by atoms with Crippen LogP contribution in [0.1, 0.15) is 37.3 Å². The Hall–Kier alpha value is -1.45. The van der Waals surface area contributed by atoms with Crippen molar-refractivity contribution < 1.29 is 9.59 Å². The van der Waals surface area contributed by atoms with E-state index >= 15 is 0 Å². The first-order valence-corrected chi connectivity index (χ1v) is 10.9. The molecular formula is C19H31BrN6O2. The van der Waals surface area contributed by atoms with E-state index in [-0.39, 0.29) is 23.9 Å². The molecule has 0 saturated carbocycles. The van der Waals surface area contributed by atoms with Crippen molar-refractivity contribution >= 4 is 27.7 Å². The van der Waals surface area contributed by atoms with Gasteiger partial charge in [0.05, 0.1) is 6.20 Å². The first-order chi connectivity index (χ1) is 13.4. The standard InChI is InChI=1S/C19H31BrN6O2/c1-13(23-18(27)17-22-12-16(20)24(17)3)14(2)25-8-10-26(11-9-25)19(28)15-4-6-21-7-5-15/h12-15,21H,4-11H2,1-3H3,(H,23,27)/t13-,14?/m1/s1. The number of hydrogen-bond acceptors (Lipinski definition) is 5. The van der Waals surface area contributed by atoms with Crippen molar-refractivity contribution in [3.05, 3.63) is 16.6 Å². The molecule has 0 aromatic carbocycles. The van der Waals surface area contributed by atoms with Crippen molar-refractivity contribution in [3.8, 4) is 0 Å². The molecule has 2 amide bonds. The molecule has 0 radical (unpaired) electrons. The lowest BCUT2D eigenvalue weighted by Gasteiger charge is -2.41. The van der Waals surface area contributed by atoms with E-state index in [4.69, 9.17) is 0 Å². The molecule has 0 aliphatic carbocycles. The minimum absolute atomic E-state index is 0.0188. The molecule has 1 aromatic heterocycles. The van der Waals surface area contributed by atoms with Crippen molar-refractivity contribution in [1.29, 1.82) is 0 Å². The molecule has 2 fully saturated rings. The molecule has 3 rings (SSSR count). The summed E-state index contributed by atoms with van der Waals surface area (Å²) in [7, 11) is 1.80. The van der Waals surface area contributed by atoms with Crippen LogP contribution in [0.2, 0.25) is 0 Å². The van der Waals surface area contributed by atoms with Crippen molar-refractivity contribution in [2.24, 2.45) is 13.0 Å². The molecule has 2 aliphatic rings. The number of carbonyl (C=O) groups excluding carboxylic acids is 2. The lowest BCUT2D eigenvalue weighted by atomic mass is 9.96. The maximum atomic E-state index is 12.7. The van der Waals surface area contributed by atoms with Gasteiger partial charge in [0.1, 0.15) is 4.60 Å². The van der Waals surface area contributed by atoms with Crippen LogP contribution in [0.15, 0.2) is 10.8 Å². The number of nitrogens with one attached hydrogen (secondary N) is 2. The van der Waals surface area contributed by atoms with Crippen LogP contribution in [0.25, 0.3) is 0 Å². The Morgan fingerprint density at radius 1 is 1.21 bits per heavy atom.